The molecule has 7 heteroatoms. The van der Waals surface area contributed by atoms with Crippen molar-refractivity contribution in [3.05, 3.63) is 53.7 Å². The molecule has 1 aliphatic rings. The van der Waals surface area contributed by atoms with Crippen LogP contribution in [-0.4, -0.2) is 43.0 Å². The van der Waals surface area contributed by atoms with Gasteiger partial charge in [0.1, 0.15) is 11.6 Å². The van der Waals surface area contributed by atoms with Gasteiger partial charge in [-0.1, -0.05) is 18.9 Å². The fourth-order valence-electron chi connectivity index (χ4n) is 3.40. The molecule has 0 spiro atoms. The Bertz CT molecular complexity index is 813. The molecule has 0 saturated carbocycles. The Morgan fingerprint density at radius 3 is 2.37 bits per heavy atom. The van der Waals surface area contributed by atoms with E-state index in [0.29, 0.717) is 24.5 Å². The molecular weight excluding hydrogens is 380 g/mol. The highest BCUT2D eigenvalue weighted by atomic mass is 16.5. The molecule has 0 atom stereocenters. The number of amides is 2. The number of nitrogens with one attached hydrogen (secondary N) is 2. The monoisotopic (exact) mass is 410 g/mol. The number of benzene rings is 1. The van der Waals surface area contributed by atoms with Crippen molar-refractivity contribution in [3.8, 4) is 5.75 Å². The second-order valence-electron chi connectivity index (χ2n) is 7.34. The van der Waals surface area contributed by atoms with Gasteiger partial charge in [-0.2, -0.15) is 0 Å². The number of nitrogens with zero attached hydrogens (tertiary/aromatic N) is 2. The van der Waals surface area contributed by atoms with E-state index in [4.69, 9.17) is 4.74 Å². The van der Waals surface area contributed by atoms with Gasteiger partial charge < -0.3 is 20.3 Å². The largest absolute Gasteiger partial charge is 0.494 e. The van der Waals surface area contributed by atoms with E-state index in [2.05, 4.69) is 20.5 Å². The van der Waals surface area contributed by atoms with Crippen molar-refractivity contribution >= 4 is 17.6 Å². The summed E-state index contributed by atoms with van der Waals surface area (Å²) in [6.45, 7) is 4.88. The highest BCUT2D eigenvalue weighted by Crippen LogP contribution is 2.17. The highest BCUT2D eigenvalue weighted by molar-refractivity contribution is 5.96. The van der Waals surface area contributed by atoms with Crippen LogP contribution in [0.3, 0.4) is 0 Å². The number of carbonyl (C=O) groups is 2. The van der Waals surface area contributed by atoms with Crippen molar-refractivity contribution in [3.63, 3.8) is 0 Å². The van der Waals surface area contributed by atoms with Crippen molar-refractivity contribution in [1.29, 1.82) is 0 Å². The van der Waals surface area contributed by atoms with Gasteiger partial charge >= 0.3 is 0 Å². The van der Waals surface area contributed by atoms with Gasteiger partial charge in [0.05, 0.1) is 13.2 Å². The first-order valence-corrected chi connectivity index (χ1v) is 10.6. The van der Waals surface area contributed by atoms with Gasteiger partial charge in [0.25, 0.3) is 5.91 Å². The first-order valence-electron chi connectivity index (χ1n) is 10.6. The molecule has 2 amide bonds. The Kier molecular flexibility index (Phi) is 8.06. The Labute approximate surface area is 177 Å². The van der Waals surface area contributed by atoms with Gasteiger partial charge in [0.2, 0.25) is 5.91 Å². The van der Waals surface area contributed by atoms with Crippen LogP contribution in [0.1, 0.15) is 48.5 Å². The summed E-state index contributed by atoms with van der Waals surface area (Å²) in [5, 5.41) is 5.44. The molecule has 0 unspecified atom stereocenters. The molecule has 0 radical (unpaired) electrons. The van der Waals surface area contributed by atoms with E-state index in [1.165, 1.54) is 25.7 Å². The molecule has 3 rings (SSSR count). The number of ether oxygens (including phenoxy) is 1. The molecule has 2 heterocycles. The Balaban J connectivity index is 1.41. The van der Waals surface area contributed by atoms with Gasteiger partial charge in [-0.25, -0.2) is 4.98 Å². The zero-order valence-corrected chi connectivity index (χ0v) is 17.5. The van der Waals surface area contributed by atoms with Crippen LogP contribution in [0.2, 0.25) is 0 Å². The fraction of sp³-hybridized carbons (Fsp3) is 0.435. The molecular formula is C23H30N4O3. The summed E-state index contributed by atoms with van der Waals surface area (Å²) in [4.78, 5) is 31.1. The van der Waals surface area contributed by atoms with Gasteiger partial charge in [-0.05, 0) is 55.7 Å². The number of aromatic nitrogens is 1. The van der Waals surface area contributed by atoms with Crippen LogP contribution in [-0.2, 0) is 11.3 Å². The third-order valence-corrected chi connectivity index (χ3v) is 5.07. The summed E-state index contributed by atoms with van der Waals surface area (Å²) in [7, 11) is 0. The molecule has 7 nitrogen and oxygen atoms in total. The average molecular weight is 411 g/mol. The van der Waals surface area contributed by atoms with E-state index in [9.17, 15) is 9.59 Å². The molecule has 30 heavy (non-hydrogen) atoms. The average Bonchev–Trinajstić information content (AvgIpc) is 3.07. The molecule has 2 N–H and O–H groups in total. The van der Waals surface area contributed by atoms with Crippen molar-refractivity contribution in [1.82, 2.24) is 15.6 Å². The van der Waals surface area contributed by atoms with E-state index in [1.54, 1.807) is 30.5 Å². The number of rotatable bonds is 8. The maximum absolute atomic E-state index is 12.2. The Morgan fingerprint density at radius 2 is 1.73 bits per heavy atom. The Morgan fingerprint density at radius 1 is 1.00 bits per heavy atom. The molecule has 1 aromatic heterocycles. The molecule has 0 bridgehead atoms. The summed E-state index contributed by atoms with van der Waals surface area (Å²) in [5.41, 5.74) is 1.42. The number of hydrogen-bond donors (Lipinski definition) is 2. The molecule has 160 valence electrons. The summed E-state index contributed by atoms with van der Waals surface area (Å²) < 4.78 is 5.36. The first-order chi connectivity index (χ1) is 14.7. The lowest BCUT2D eigenvalue weighted by molar-refractivity contribution is -0.120. The lowest BCUT2D eigenvalue weighted by Gasteiger charge is -2.21. The summed E-state index contributed by atoms with van der Waals surface area (Å²) in [6.07, 6.45) is 6.80. The first kappa shape index (κ1) is 21.6. The van der Waals surface area contributed by atoms with E-state index >= 15 is 0 Å². The van der Waals surface area contributed by atoms with Crippen molar-refractivity contribution in [2.24, 2.45) is 0 Å². The standard InChI is InChI=1S/C23H30N4O3/c1-2-30-20-10-8-19(9-11-20)23(29)26-17-22(28)25-16-18-7-12-21(24-15-18)27-13-5-3-4-6-14-27/h7-12,15H,2-6,13-14,16-17H2,1H3,(H,25,28)(H,26,29). The minimum absolute atomic E-state index is 0.0780. The minimum atomic E-state index is -0.295. The Hall–Kier alpha value is -3.09. The maximum atomic E-state index is 12.2. The van der Waals surface area contributed by atoms with Gasteiger partial charge in [0, 0.05) is 31.4 Å². The van der Waals surface area contributed by atoms with Crippen LogP contribution in [0.15, 0.2) is 42.6 Å². The highest BCUT2D eigenvalue weighted by Gasteiger charge is 2.11. The lowest BCUT2D eigenvalue weighted by Crippen LogP contribution is -2.36. The zero-order chi connectivity index (χ0) is 21.2. The molecule has 2 aromatic rings. The van der Waals surface area contributed by atoms with Crippen LogP contribution in [0.4, 0.5) is 5.82 Å². The molecule has 1 saturated heterocycles. The van der Waals surface area contributed by atoms with Crippen LogP contribution >= 0.6 is 0 Å². The summed E-state index contributed by atoms with van der Waals surface area (Å²) in [5.74, 6) is 1.17. The predicted molar refractivity (Wildman–Crippen MR) is 117 cm³/mol. The zero-order valence-electron chi connectivity index (χ0n) is 17.5. The SMILES string of the molecule is CCOc1ccc(C(=O)NCC(=O)NCc2ccc(N3CCCCCC3)nc2)cc1. The number of pyridine rings is 1. The van der Waals surface area contributed by atoms with Crippen molar-refractivity contribution in [2.45, 2.75) is 39.2 Å². The van der Waals surface area contributed by atoms with Crippen molar-refractivity contribution < 1.29 is 14.3 Å². The maximum Gasteiger partial charge on any atom is 0.251 e. The fourth-order valence-corrected chi connectivity index (χ4v) is 3.40. The topological polar surface area (TPSA) is 83.6 Å². The van der Waals surface area contributed by atoms with E-state index < -0.39 is 0 Å². The molecule has 1 aliphatic heterocycles. The van der Waals surface area contributed by atoms with Crippen LogP contribution in [0.5, 0.6) is 5.75 Å². The number of carbonyl (C=O) groups excluding carboxylic acids is 2. The minimum Gasteiger partial charge on any atom is -0.494 e. The lowest BCUT2D eigenvalue weighted by atomic mass is 10.2. The normalized spacial score (nSPS) is 14.0. The third kappa shape index (κ3) is 6.47. The second-order valence-corrected chi connectivity index (χ2v) is 7.34. The predicted octanol–water partition coefficient (Wildman–Crippen LogP) is 2.91. The smallest absolute Gasteiger partial charge is 0.251 e. The third-order valence-electron chi connectivity index (χ3n) is 5.07. The van der Waals surface area contributed by atoms with Crippen LogP contribution < -0.4 is 20.3 Å². The van der Waals surface area contributed by atoms with Crippen LogP contribution in [0, 0.1) is 0 Å². The molecule has 1 fully saturated rings. The number of anilines is 1. The van der Waals surface area contributed by atoms with Crippen LogP contribution in [0.25, 0.3) is 0 Å². The van der Waals surface area contributed by atoms with Gasteiger partial charge in [-0.3, -0.25) is 9.59 Å². The summed E-state index contributed by atoms with van der Waals surface area (Å²) >= 11 is 0. The van der Waals surface area contributed by atoms with E-state index in [-0.39, 0.29) is 18.4 Å². The van der Waals surface area contributed by atoms with E-state index in [1.807, 2.05) is 19.1 Å². The van der Waals surface area contributed by atoms with Crippen molar-refractivity contribution in [2.75, 3.05) is 31.1 Å². The number of hydrogen-bond acceptors (Lipinski definition) is 5. The molecule has 0 aliphatic carbocycles. The molecule has 1 aromatic carbocycles. The van der Waals surface area contributed by atoms with E-state index in [0.717, 1.165) is 24.5 Å². The quantitative estimate of drug-likeness (QED) is 0.699. The second kappa shape index (κ2) is 11.2. The van der Waals surface area contributed by atoms with Gasteiger partial charge in [0.15, 0.2) is 0 Å². The van der Waals surface area contributed by atoms with Gasteiger partial charge in [-0.15, -0.1) is 0 Å². The summed E-state index contributed by atoms with van der Waals surface area (Å²) in [6, 6.07) is 10.8.